The molecular weight excluding hydrogens is 417 g/mol. The number of halogens is 1. The highest BCUT2D eigenvalue weighted by atomic mass is 19.1. The summed E-state index contributed by atoms with van der Waals surface area (Å²) >= 11 is 0. The van der Waals surface area contributed by atoms with E-state index in [-0.39, 0.29) is 37.1 Å². The Morgan fingerprint density at radius 3 is 2.16 bits per heavy atom. The van der Waals surface area contributed by atoms with Crippen molar-refractivity contribution in [3.8, 4) is 0 Å². The van der Waals surface area contributed by atoms with Gasteiger partial charge in [-0.3, -0.25) is 28.4 Å². The molecule has 0 atom stereocenters. The summed E-state index contributed by atoms with van der Waals surface area (Å²) in [6, 6.07) is 5.21. The Kier molecular flexibility index (Phi) is 7.40. The molecule has 0 fully saturated rings. The number of carbonyl (C=O) groups excluding carboxylic acids is 2. The van der Waals surface area contributed by atoms with Crippen molar-refractivity contribution in [3.05, 3.63) is 62.0 Å². The first-order valence-corrected chi connectivity index (χ1v) is 10.3. The predicted molar refractivity (Wildman–Crippen MR) is 120 cm³/mol. The molecule has 2 aromatic rings. The maximum absolute atomic E-state index is 13.2. The Morgan fingerprint density at radius 1 is 1.12 bits per heavy atom. The molecule has 0 saturated heterocycles. The third-order valence-corrected chi connectivity index (χ3v) is 5.58. The molecule has 2 rings (SSSR count). The van der Waals surface area contributed by atoms with Gasteiger partial charge in [0.05, 0.1) is 18.6 Å². The molecule has 1 amide bonds. The number of nitrogens with two attached hydrogens (primary N) is 2. The normalized spacial score (nSPS) is 11.9. The Hall–Kier alpha value is -3.27. The summed E-state index contributed by atoms with van der Waals surface area (Å²) in [4.78, 5) is 52.6. The summed E-state index contributed by atoms with van der Waals surface area (Å²) in [6.45, 7) is 8.05. The van der Waals surface area contributed by atoms with Gasteiger partial charge in [-0.1, -0.05) is 12.1 Å². The molecule has 9 nitrogen and oxygen atoms in total. The van der Waals surface area contributed by atoms with E-state index in [1.165, 1.54) is 24.3 Å². The molecule has 0 radical (unpaired) electrons. The van der Waals surface area contributed by atoms with Gasteiger partial charge in [-0.15, -0.1) is 0 Å². The number of benzene rings is 1. The second-order valence-electron chi connectivity index (χ2n) is 8.37. The third-order valence-electron chi connectivity index (χ3n) is 5.58. The monoisotopic (exact) mass is 447 g/mol. The number of Topliss-reactive ketones (excluding diaryl/α,β-unsaturated/α-hetero) is 1. The molecule has 0 aliphatic rings. The van der Waals surface area contributed by atoms with Crippen molar-refractivity contribution in [2.45, 2.75) is 59.3 Å². The first-order chi connectivity index (χ1) is 14.8. The van der Waals surface area contributed by atoms with Crippen LogP contribution in [0.3, 0.4) is 0 Å². The van der Waals surface area contributed by atoms with Crippen LogP contribution in [0.4, 0.5) is 10.2 Å². The highest BCUT2D eigenvalue weighted by molar-refractivity contribution is 6.01. The maximum Gasteiger partial charge on any atom is 0.332 e. The van der Waals surface area contributed by atoms with E-state index in [0.717, 1.165) is 9.13 Å². The zero-order valence-corrected chi connectivity index (χ0v) is 19.0. The number of rotatable bonds is 9. The summed E-state index contributed by atoms with van der Waals surface area (Å²) in [5.41, 5.74) is 9.27. The summed E-state index contributed by atoms with van der Waals surface area (Å²) in [6.07, 6.45) is 0. The lowest BCUT2D eigenvalue weighted by Gasteiger charge is -2.38. The molecule has 0 aliphatic heterocycles. The lowest BCUT2D eigenvalue weighted by atomic mass is 9.98. The van der Waals surface area contributed by atoms with Crippen molar-refractivity contribution in [3.63, 3.8) is 0 Å². The van der Waals surface area contributed by atoms with Crippen LogP contribution in [-0.2, 0) is 17.9 Å². The summed E-state index contributed by atoms with van der Waals surface area (Å²) in [5.74, 6) is -1.97. The van der Waals surface area contributed by atoms with E-state index in [1.807, 2.05) is 0 Å². The van der Waals surface area contributed by atoms with Crippen LogP contribution in [-0.4, -0.2) is 43.9 Å². The second-order valence-corrected chi connectivity index (χ2v) is 8.37. The molecule has 0 spiro atoms. The average molecular weight is 448 g/mol. The number of nitrogens with zero attached hydrogens (tertiary/aromatic N) is 3. The second kappa shape index (κ2) is 9.47. The molecule has 32 heavy (non-hydrogen) atoms. The Labute approximate surface area is 185 Å². The number of anilines is 1. The largest absolute Gasteiger partial charge is 0.384 e. The lowest BCUT2D eigenvalue weighted by Crippen LogP contribution is -2.58. The summed E-state index contributed by atoms with van der Waals surface area (Å²) in [7, 11) is 0. The molecule has 0 bridgehead atoms. The van der Waals surface area contributed by atoms with E-state index in [1.54, 1.807) is 39.5 Å². The van der Waals surface area contributed by atoms with Crippen LogP contribution in [0.2, 0.25) is 0 Å². The molecule has 1 aromatic carbocycles. The Morgan fingerprint density at radius 2 is 1.69 bits per heavy atom. The minimum atomic E-state index is -1.16. The van der Waals surface area contributed by atoms with Crippen molar-refractivity contribution >= 4 is 17.5 Å². The minimum absolute atomic E-state index is 0.0301. The van der Waals surface area contributed by atoms with Crippen molar-refractivity contribution in [1.29, 1.82) is 0 Å². The lowest BCUT2D eigenvalue weighted by molar-refractivity contribution is -0.129. The fraction of sp³-hybridized carbons (Fsp3) is 0.455. The van der Waals surface area contributed by atoms with E-state index >= 15 is 0 Å². The number of ketones is 1. The first-order valence-electron chi connectivity index (χ1n) is 10.3. The van der Waals surface area contributed by atoms with Gasteiger partial charge >= 0.3 is 5.69 Å². The first kappa shape index (κ1) is 25.0. The molecule has 0 aliphatic carbocycles. The van der Waals surface area contributed by atoms with Gasteiger partial charge in [-0.25, -0.2) is 9.18 Å². The highest BCUT2D eigenvalue weighted by Gasteiger charge is 2.37. The van der Waals surface area contributed by atoms with Crippen molar-refractivity contribution in [2.24, 2.45) is 5.73 Å². The van der Waals surface area contributed by atoms with Gasteiger partial charge in [0, 0.05) is 12.6 Å². The maximum atomic E-state index is 13.2. The fourth-order valence-electron chi connectivity index (χ4n) is 3.58. The topological polar surface area (TPSA) is 133 Å². The van der Waals surface area contributed by atoms with Crippen LogP contribution in [0.1, 0.15) is 50.5 Å². The van der Waals surface area contributed by atoms with E-state index in [9.17, 15) is 23.6 Å². The van der Waals surface area contributed by atoms with Crippen LogP contribution < -0.4 is 22.7 Å². The van der Waals surface area contributed by atoms with Gasteiger partial charge in [0.1, 0.15) is 17.2 Å². The standard InChI is InChI=1S/C22H30FN5O4/c1-6-26-19(30)17(16(29)12-28(13(2)3)22(4,5)20(25)31)18(24)27(21(26)32)11-14-7-9-15(23)10-8-14/h7-10,13H,6,11-12,24H2,1-5H3,(H2,25,31). The number of aromatic nitrogens is 2. The van der Waals surface area contributed by atoms with Gasteiger partial charge in [-0.05, 0) is 52.3 Å². The van der Waals surface area contributed by atoms with Crippen molar-refractivity contribution in [1.82, 2.24) is 14.0 Å². The molecule has 0 unspecified atom stereocenters. The predicted octanol–water partition coefficient (Wildman–Crippen LogP) is 0.957. The molecule has 0 saturated carbocycles. The van der Waals surface area contributed by atoms with Gasteiger partial charge in [-0.2, -0.15) is 0 Å². The highest BCUT2D eigenvalue weighted by Crippen LogP contribution is 2.19. The average Bonchev–Trinajstić information content (AvgIpc) is 2.70. The Balaban J connectivity index is 2.60. The van der Waals surface area contributed by atoms with E-state index < -0.39 is 34.3 Å². The SMILES string of the molecule is CCn1c(=O)c(C(=O)CN(C(C)C)C(C)(C)C(N)=O)c(N)n(Cc2ccc(F)cc2)c1=O. The molecule has 1 heterocycles. The van der Waals surface area contributed by atoms with E-state index in [2.05, 4.69) is 0 Å². The molecular formula is C22H30FN5O4. The Bertz CT molecular complexity index is 1130. The zero-order valence-electron chi connectivity index (χ0n) is 19.0. The van der Waals surface area contributed by atoms with E-state index in [0.29, 0.717) is 5.56 Å². The molecule has 1 aromatic heterocycles. The fourth-order valence-corrected chi connectivity index (χ4v) is 3.58. The van der Waals surface area contributed by atoms with Crippen LogP contribution in [0.25, 0.3) is 0 Å². The van der Waals surface area contributed by atoms with Gasteiger partial charge in [0.25, 0.3) is 5.56 Å². The summed E-state index contributed by atoms with van der Waals surface area (Å²) in [5, 5.41) is 0. The number of amides is 1. The van der Waals surface area contributed by atoms with Gasteiger partial charge < -0.3 is 11.5 Å². The number of carbonyl (C=O) groups is 2. The zero-order chi connectivity index (χ0) is 24.4. The van der Waals surface area contributed by atoms with Crippen molar-refractivity contribution < 1.29 is 14.0 Å². The smallest absolute Gasteiger partial charge is 0.332 e. The molecule has 174 valence electrons. The quantitative estimate of drug-likeness (QED) is 0.550. The van der Waals surface area contributed by atoms with Crippen LogP contribution in [0, 0.1) is 5.82 Å². The molecule has 10 heteroatoms. The van der Waals surface area contributed by atoms with Crippen LogP contribution in [0.15, 0.2) is 33.9 Å². The van der Waals surface area contributed by atoms with Crippen LogP contribution in [0.5, 0.6) is 0 Å². The van der Waals surface area contributed by atoms with Crippen LogP contribution >= 0.6 is 0 Å². The number of nitrogen functional groups attached to an aromatic ring is 1. The van der Waals surface area contributed by atoms with E-state index in [4.69, 9.17) is 11.5 Å². The number of primary amides is 1. The van der Waals surface area contributed by atoms with Gasteiger partial charge in [0.2, 0.25) is 5.91 Å². The molecule has 4 N–H and O–H groups in total. The minimum Gasteiger partial charge on any atom is -0.384 e. The number of hydrogen-bond acceptors (Lipinski definition) is 6. The number of hydrogen-bond donors (Lipinski definition) is 2. The van der Waals surface area contributed by atoms with Crippen molar-refractivity contribution in [2.75, 3.05) is 12.3 Å². The summed E-state index contributed by atoms with van der Waals surface area (Å²) < 4.78 is 15.3. The third kappa shape index (κ3) is 4.80. The van der Waals surface area contributed by atoms with Gasteiger partial charge in [0.15, 0.2) is 5.78 Å².